The Labute approximate surface area is 168 Å². The minimum absolute atomic E-state index is 0.242. The van der Waals surface area contributed by atoms with Crippen molar-refractivity contribution in [2.75, 3.05) is 20.2 Å². The van der Waals surface area contributed by atoms with Gasteiger partial charge in [-0.2, -0.15) is 0 Å². The van der Waals surface area contributed by atoms with Crippen molar-refractivity contribution in [1.29, 1.82) is 0 Å². The molecule has 0 saturated carbocycles. The zero-order valence-electron chi connectivity index (χ0n) is 15.6. The summed E-state index contributed by atoms with van der Waals surface area (Å²) in [7, 11) is 1.65. The molecular formula is C21H22ClN3O3. The predicted octanol–water partition coefficient (Wildman–Crippen LogP) is 3.96. The molecule has 1 aromatic carbocycles. The van der Waals surface area contributed by atoms with Gasteiger partial charge in [-0.15, -0.1) is 0 Å². The highest BCUT2D eigenvalue weighted by Crippen LogP contribution is 2.29. The number of nitrogens with zero attached hydrogens (tertiary/aromatic N) is 3. The van der Waals surface area contributed by atoms with E-state index in [0.29, 0.717) is 24.4 Å². The normalized spacial score (nSPS) is 15.8. The maximum Gasteiger partial charge on any atom is 0.306 e. The van der Waals surface area contributed by atoms with E-state index in [2.05, 4.69) is 4.90 Å². The molecule has 1 aliphatic rings. The first-order chi connectivity index (χ1) is 13.5. The Hall–Kier alpha value is -2.57. The number of fused-ring (bicyclic) bond motifs is 1. The lowest BCUT2D eigenvalue weighted by Gasteiger charge is -2.30. The first-order valence-electron chi connectivity index (χ1n) is 9.31. The number of imidazole rings is 1. The third-order valence-corrected chi connectivity index (χ3v) is 5.58. The Bertz CT molecular complexity index is 992. The van der Waals surface area contributed by atoms with E-state index in [0.717, 1.165) is 41.4 Å². The van der Waals surface area contributed by atoms with Gasteiger partial charge < -0.3 is 14.2 Å². The first kappa shape index (κ1) is 18.8. The third kappa shape index (κ3) is 3.70. The molecule has 3 aromatic rings. The Morgan fingerprint density at radius 2 is 1.93 bits per heavy atom. The molecular weight excluding hydrogens is 378 g/mol. The smallest absolute Gasteiger partial charge is 0.306 e. The van der Waals surface area contributed by atoms with Crippen LogP contribution in [-0.4, -0.2) is 45.6 Å². The van der Waals surface area contributed by atoms with E-state index in [1.165, 1.54) is 0 Å². The number of benzene rings is 1. The first-order valence-corrected chi connectivity index (χ1v) is 9.69. The van der Waals surface area contributed by atoms with E-state index in [-0.39, 0.29) is 5.92 Å². The summed E-state index contributed by atoms with van der Waals surface area (Å²) in [5, 5.41) is 9.88. The number of hydrogen-bond donors (Lipinski definition) is 1. The fourth-order valence-corrected chi connectivity index (χ4v) is 3.91. The number of hydrogen-bond acceptors (Lipinski definition) is 4. The molecule has 0 spiro atoms. The molecule has 1 N–H and O–H groups in total. The molecule has 28 heavy (non-hydrogen) atoms. The Balaban J connectivity index is 1.68. The molecule has 3 heterocycles. The van der Waals surface area contributed by atoms with Gasteiger partial charge in [0.1, 0.15) is 11.4 Å². The van der Waals surface area contributed by atoms with E-state index < -0.39 is 5.97 Å². The van der Waals surface area contributed by atoms with Crippen LogP contribution in [0.4, 0.5) is 0 Å². The molecule has 1 saturated heterocycles. The average molecular weight is 400 g/mol. The predicted molar refractivity (Wildman–Crippen MR) is 108 cm³/mol. The molecule has 7 heteroatoms. The number of likely N-dealkylation sites (tertiary alicyclic amines) is 1. The van der Waals surface area contributed by atoms with E-state index in [9.17, 15) is 9.90 Å². The summed E-state index contributed by atoms with van der Waals surface area (Å²) in [6.07, 6.45) is 3.23. The third-order valence-electron chi connectivity index (χ3n) is 5.36. The molecule has 0 aliphatic carbocycles. The molecule has 1 fully saturated rings. The minimum Gasteiger partial charge on any atom is -0.497 e. The number of methoxy groups -OCH3 is 1. The van der Waals surface area contributed by atoms with Crippen LogP contribution in [0.5, 0.6) is 5.75 Å². The van der Waals surface area contributed by atoms with Crippen molar-refractivity contribution in [3.63, 3.8) is 0 Å². The quantitative estimate of drug-likeness (QED) is 0.703. The number of carboxylic acid groups (broad SMARTS) is 1. The molecule has 0 unspecified atom stereocenters. The van der Waals surface area contributed by atoms with E-state index in [1.807, 2.05) is 47.0 Å². The SMILES string of the molecule is COc1ccc(-c2nc3ccc(Cl)cn3c2CN2CCC(C(=O)O)CC2)cc1. The van der Waals surface area contributed by atoms with Gasteiger partial charge in [-0.25, -0.2) is 4.98 Å². The van der Waals surface area contributed by atoms with Crippen LogP contribution in [0.15, 0.2) is 42.6 Å². The van der Waals surface area contributed by atoms with Gasteiger partial charge in [0.2, 0.25) is 0 Å². The van der Waals surface area contributed by atoms with Gasteiger partial charge >= 0.3 is 5.97 Å². The number of rotatable bonds is 5. The largest absolute Gasteiger partial charge is 0.497 e. The van der Waals surface area contributed by atoms with Gasteiger partial charge in [0, 0.05) is 18.3 Å². The molecule has 1 aliphatic heterocycles. The topological polar surface area (TPSA) is 67.1 Å². The van der Waals surface area contributed by atoms with E-state index in [1.54, 1.807) is 7.11 Å². The number of pyridine rings is 1. The van der Waals surface area contributed by atoms with Gasteiger partial charge in [-0.1, -0.05) is 11.6 Å². The highest BCUT2D eigenvalue weighted by atomic mass is 35.5. The molecule has 146 valence electrons. The summed E-state index contributed by atoms with van der Waals surface area (Å²) in [4.78, 5) is 18.3. The number of carbonyl (C=O) groups is 1. The lowest BCUT2D eigenvalue weighted by atomic mass is 9.97. The van der Waals surface area contributed by atoms with E-state index in [4.69, 9.17) is 21.3 Å². The summed E-state index contributed by atoms with van der Waals surface area (Å²) in [6.45, 7) is 2.20. The van der Waals surface area contributed by atoms with Crippen molar-refractivity contribution >= 4 is 23.2 Å². The molecule has 0 radical (unpaired) electrons. The molecule has 0 amide bonds. The van der Waals surface area contributed by atoms with Crippen LogP contribution in [0.25, 0.3) is 16.9 Å². The van der Waals surface area contributed by atoms with Gasteiger partial charge in [0.25, 0.3) is 0 Å². The number of halogens is 1. The van der Waals surface area contributed by atoms with Crippen LogP contribution in [0.2, 0.25) is 5.02 Å². The van der Waals surface area contributed by atoms with Crippen molar-refractivity contribution in [2.45, 2.75) is 19.4 Å². The van der Waals surface area contributed by atoms with Gasteiger partial charge in [-0.05, 0) is 62.3 Å². The summed E-state index contributed by atoms with van der Waals surface area (Å²) in [5.74, 6) is -0.137. The average Bonchev–Trinajstić information content (AvgIpc) is 3.06. The summed E-state index contributed by atoms with van der Waals surface area (Å²) < 4.78 is 7.29. The van der Waals surface area contributed by atoms with Crippen LogP contribution >= 0.6 is 11.6 Å². The Kier molecular flexibility index (Phi) is 5.24. The van der Waals surface area contributed by atoms with Gasteiger partial charge in [-0.3, -0.25) is 9.69 Å². The Morgan fingerprint density at radius 1 is 1.21 bits per heavy atom. The summed E-state index contributed by atoms with van der Waals surface area (Å²) in [6, 6.07) is 11.6. The monoisotopic (exact) mass is 399 g/mol. The van der Waals surface area contributed by atoms with Crippen LogP contribution in [0, 0.1) is 5.92 Å². The standard InChI is InChI=1S/C21H22ClN3O3/c1-28-17-5-2-14(3-6-17)20-18(25-12-16(22)4-7-19(25)23-20)13-24-10-8-15(9-11-24)21(26)27/h2-7,12,15H,8-11,13H2,1H3,(H,26,27). The second-order valence-electron chi connectivity index (χ2n) is 7.10. The highest BCUT2D eigenvalue weighted by molar-refractivity contribution is 6.30. The number of piperidine rings is 1. The maximum absolute atomic E-state index is 11.2. The van der Waals surface area contributed by atoms with Crippen LogP contribution in [0.3, 0.4) is 0 Å². The number of aliphatic carboxylic acids is 1. The van der Waals surface area contributed by atoms with Crippen molar-refractivity contribution in [1.82, 2.24) is 14.3 Å². The molecule has 0 atom stereocenters. The number of aromatic nitrogens is 2. The van der Waals surface area contributed by atoms with Crippen molar-refractivity contribution in [3.05, 3.63) is 53.3 Å². The maximum atomic E-state index is 11.2. The second-order valence-corrected chi connectivity index (χ2v) is 7.54. The fourth-order valence-electron chi connectivity index (χ4n) is 3.75. The molecule has 2 aromatic heterocycles. The molecule has 6 nitrogen and oxygen atoms in total. The van der Waals surface area contributed by atoms with Gasteiger partial charge in [0.05, 0.1) is 29.4 Å². The summed E-state index contributed by atoms with van der Waals surface area (Å²) >= 11 is 6.24. The molecule has 0 bridgehead atoms. The van der Waals surface area contributed by atoms with Crippen molar-refractivity contribution < 1.29 is 14.6 Å². The summed E-state index contributed by atoms with van der Waals surface area (Å²) in [5.41, 5.74) is 3.81. The fraction of sp³-hybridized carbons (Fsp3) is 0.333. The lowest BCUT2D eigenvalue weighted by Crippen LogP contribution is -2.36. The number of carboxylic acids is 1. The number of ether oxygens (including phenoxy) is 1. The minimum atomic E-state index is -0.694. The van der Waals surface area contributed by atoms with Gasteiger partial charge in [0.15, 0.2) is 0 Å². The Morgan fingerprint density at radius 3 is 2.57 bits per heavy atom. The lowest BCUT2D eigenvalue weighted by molar-refractivity contribution is -0.143. The second kappa shape index (κ2) is 7.81. The zero-order valence-corrected chi connectivity index (χ0v) is 16.4. The van der Waals surface area contributed by atoms with Crippen molar-refractivity contribution in [2.24, 2.45) is 5.92 Å². The van der Waals surface area contributed by atoms with Crippen LogP contribution in [0.1, 0.15) is 18.5 Å². The highest BCUT2D eigenvalue weighted by Gasteiger charge is 2.26. The van der Waals surface area contributed by atoms with E-state index >= 15 is 0 Å². The van der Waals surface area contributed by atoms with Crippen LogP contribution < -0.4 is 4.74 Å². The molecule has 4 rings (SSSR count). The van der Waals surface area contributed by atoms with Crippen molar-refractivity contribution in [3.8, 4) is 17.0 Å². The zero-order chi connectivity index (χ0) is 19.7. The van der Waals surface area contributed by atoms with Crippen LogP contribution in [-0.2, 0) is 11.3 Å².